The summed E-state index contributed by atoms with van der Waals surface area (Å²) in [7, 11) is 3.50. The van der Waals surface area contributed by atoms with Crippen LogP contribution in [0.2, 0.25) is 0 Å². The maximum absolute atomic E-state index is 11.8. The molecule has 2 heterocycles. The van der Waals surface area contributed by atoms with E-state index in [9.17, 15) is 19.7 Å². The number of anilines is 1. The summed E-state index contributed by atoms with van der Waals surface area (Å²) in [5.74, 6) is 0.685. The number of pyridine rings is 1. The highest BCUT2D eigenvalue weighted by Crippen LogP contribution is 2.18. The fourth-order valence-electron chi connectivity index (χ4n) is 2.57. The van der Waals surface area contributed by atoms with Gasteiger partial charge in [0, 0.05) is 26.0 Å². The number of aldehydes is 1. The van der Waals surface area contributed by atoms with E-state index in [1.54, 1.807) is 11.6 Å². The molecule has 146 valence electrons. The summed E-state index contributed by atoms with van der Waals surface area (Å²) >= 11 is 0. The van der Waals surface area contributed by atoms with E-state index >= 15 is 0 Å². The van der Waals surface area contributed by atoms with Crippen molar-refractivity contribution in [3.63, 3.8) is 0 Å². The molecule has 0 atom stereocenters. The second kappa shape index (κ2) is 8.71. The molecule has 0 radical (unpaired) electrons. The average Bonchev–Trinajstić information content (AvgIpc) is 2.93. The van der Waals surface area contributed by atoms with Crippen molar-refractivity contribution >= 4 is 17.7 Å². The molecule has 0 unspecified atom stereocenters. The first-order valence-corrected chi connectivity index (χ1v) is 8.26. The van der Waals surface area contributed by atoms with Crippen LogP contribution in [0.25, 0.3) is 5.69 Å². The van der Waals surface area contributed by atoms with Gasteiger partial charge < -0.3 is 5.32 Å². The van der Waals surface area contributed by atoms with Crippen LogP contribution in [-0.4, -0.2) is 37.6 Å². The highest BCUT2D eigenvalue weighted by Gasteiger charge is 2.16. The number of hydrogen-bond donors (Lipinski definition) is 1. The number of hydrogen-bond acceptors (Lipinski definition) is 7. The molecular formula is C18H20N6O4. The van der Waals surface area contributed by atoms with Crippen molar-refractivity contribution in [3.05, 3.63) is 74.2 Å². The van der Waals surface area contributed by atoms with E-state index in [1.807, 2.05) is 38.2 Å². The Hall–Kier alpha value is -3.82. The highest BCUT2D eigenvalue weighted by atomic mass is 16.6. The lowest BCUT2D eigenvalue weighted by molar-refractivity contribution is -0.385. The van der Waals surface area contributed by atoms with Crippen molar-refractivity contribution in [2.45, 2.75) is 13.8 Å². The second-order valence-electron chi connectivity index (χ2n) is 5.79. The normalized spacial score (nSPS) is 10.0. The SMILES string of the molecule is CNc1ccc(-n2c(C)nn(C)c2=O)cc1.Cc1nccc(C=O)c1[N+](=O)[O-]. The van der Waals surface area contributed by atoms with Crippen molar-refractivity contribution in [3.8, 4) is 5.69 Å². The molecule has 0 aliphatic rings. The molecule has 0 saturated heterocycles. The van der Waals surface area contributed by atoms with Crippen molar-refractivity contribution in [2.75, 3.05) is 12.4 Å². The lowest BCUT2D eigenvalue weighted by atomic mass is 10.2. The Morgan fingerprint density at radius 1 is 1.18 bits per heavy atom. The van der Waals surface area contributed by atoms with Gasteiger partial charge in [-0.05, 0) is 44.2 Å². The van der Waals surface area contributed by atoms with Gasteiger partial charge in [-0.1, -0.05) is 0 Å². The molecule has 0 saturated carbocycles. The summed E-state index contributed by atoms with van der Waals surface area (Å²) < 4.78 is 2.92. The Kier molecular flexibility index (Phi) is 6.38. The number of aromatic nitrogens is 4. The van der Waals surface area contributed by atoms with Crippen LogP contribution >= 0.6 is 0 Å². The standard InChI is InChI=1S/C11H14N4O.C7H6N2O3/c1-8-13-14(3)11(16)15(8)10-6-4-9(12-2)5-7-10;1-5-7(9(11)12)6(4-10)2-3-8-5/h4-7,12H,1-3H3;2-4H,1H3. The van der Waals surface area contributed by atoms with Gasteiger partial charge >= 0.3 is 11.4 Å². The van der Waals surface area contributed by atoms with Crippen LogP contribution in [0.5, 0.6) is 0 Å². The lowest BCUT2D eigenvalue weighted by Crippen LogP contribution is -2.21. The molecule has 0 fully saturated rings. The van der Waals surface area contributed by atoms with Gasteiger partial charge in [-0.25, -0.2) is 14.0 Å². The fourth-order valence-corrected chi connectivity index (χ4v) is 2.57. The fraction of sp³-hybridized carbons (Fsp3) is 0.222. The van der Waals surface area contributed by atoms with E-state index < -0.39 is 4.92 Å². The quantitative estimate of drug-likeness (QED) is 0.414. The molecule has 0 spiro atoms. The van der Waals surface area contributed by atoms with Crippen molar-refractivity contribution < 1.29 is 9.72 Å². The number of nitrogens with zero attached hydrogens (tertiary/aromatic N) is 5. The summed E-state index contributed by atoms with van der Waals surface area (Å²) in [5, 5.41) is 17.5. The third-order valence-corrected chi connectivity index (χ3v) is 3.95. The highest BCUT2D eigenvalue weighted by molar-refractivity contribution is 5.81. The van der Waals surface area contributed by atoms with E-state index in [1.165, 1.54) is 23.9 Å². The average molecular weight is 384 g/mol. The van der Waals surface area contributed by atoms with Gasteiger partial charge in [-0.15, -0.1) is 0 Å². The third kappa shape index (κ3) is 4.29. The Labute approximate surface area is 160 Å². The number of nitrogens with one attached hydrogen (secondary N) is 1. The second-order valence-corrected chi connectivity index (χ2v) is 5.79. The molecule has 3 rings (SSSR count). The lowest BCUT2D eigenvalue weighted by Gasteiger charge is -2.04. The molecule has 10 heteroatoms. The van der Waals surface area contributed by atoms with E-state index in [-0.39, 0.29) is 22.6 Å². The summed E-state index contributed by atoms with van der Waals surface area (Å²) in [6.45, 7) is 3.30. The van der Waals surface area contributed by atoms with Gasteiger partial charge in [0.05, 0.1) is 16.2 Å². The first kappa shape index (κ1) is 20.5. The summed E-state index contributed by atoms with van der Waals surface area (Å²) in [4.78, 5) is 35.7. The van der Waals surface area contributed by atoms with Crippen molar-refractivity contribution in [1.29, 1.82) is 0 Å². The van der Waals surface area contributed by atoms with Crippen LogP contribution in [0.1, 0.15) is 21.9 Å². The van der Waals surface area contributed by atoms with E-state index in [0.29, 0.717) is 12.1 Å². The van der Waals surface area contributed by atoms with Crippen molar-refractivity contribution in [2.24, 2.45) is 7.05 Å². The Balaban J connectivity index is 0.000000209. The first-order valence-electron chi connectivity index (χ1n) is 8.26. The zero-order valence-corrected chi connectivity index (χ0v) is 15.9. The van der Waals surface area contributed by atoms with Crippen LogP contribution in [0.4, 0.5) is 11.4 Å². The zero-order valence-electron chi connectivity index (χ0n) is 15.9. The summed E-state index contributed by atoms with van der Waals surface area (Å²) in [6.07, 6.45) is 1.82. The summed E-state index contributed by atoms with van der Waals surface area (Å²) in [5.41, 5.74) is 1.81. The van der Waals surface area contributed by atoms with Gasteiger partial charge in [0.25, 0.3) is 0 Å². The van der Waals surface area contributed by atoms with Crippen LogP contribution in [0.3, 0.4) is 0 Å². The number of aryl methyl sites for hydroxylation is 3. The predicted molar refractivity (Wildman–Crippen MR) is 104 cm³/mol. The molecule has 10 nitrogen and oxygen atoms in total. The Morgan fingerprint density at radius 2 is 1.82 bits per heavy atom. The Morgan fingerprint density at radius 3 is 2.25 bits per heavy atom. The van der Waals surface area contributed by atoms with Crippen molar-refractivity contribution in [1.82, 2.24) is 19.3 Å². The van der Waals surface area contributed by atoms with Gasteiger partial charge in [0.2, 0.25) is 0 Å². The number of rotatable bonds is 4. The minimum absolute atomic E-state index is 0.0625. The minimum atomic E-state index is -0.605. The maximum atomic E-state index is 11.8. The molecule has 2 aromatic heterocycles. The van der Waals surface area contributed by atoms with Crippen LogP contribution < -0.4 is 11.0 Å². The molecule has 0 amide bonds. The van der Waals surface area contributed by atoms with Crippen LogP contribution in [0.15, 0.2) is 41.3 Å². The largest absolute Gasteiger partial charge is 0.388 e. The molecule has 1 aromatic carbocycles. The van der Waals surface area contributed by atoms with Gasteiger partial charge in [0.15, 0.2) is 6.29 Å². The van der Waals surface area contributed by atoms with Gasteiger partial charge in [0.1, 0.15) is 11.5 Å². The number of benzene rings is 1. The third-order valence-electron chi connectivity index (χ3n) is 3.95. The van der Waals surface area contributed by atoms with Gasteiger partial charge in [-0.2, -0.15) is 5.10 Å². The Bertz CT molecular complexity index is 1050. The van der Waals surface area contributed by atoms with Gasteiger partial charge in [-0.3, -0.25) is 19.9 Å². The minimum Gasteiger partial charge on any atom is -0.388 e. The molecule has 3 aromatic rings. The first-order chi connectivity index (χ1) is 13.3. The number of carbonyl (C=O) groups is 1. The maximum Gasteiger partial charge on any atom is 0.350 e. The monoisotopic (exact) mass is 384 g/mol. The number of carbonyl (C=O) groups excluding carboxylic acids is 1. The molecule has 0 aliphatic carbocycles. The van der Waals surface area contributed by atoms with E-state index in [0.717, 1.165) is 11.4 Å². The molecule has 0 bridgehead atoms. The molecule has 1 N–H and O–H groups in total. The molecular weight excluding hydrogens is 364 g/mol. The van der Waals surface area contributed by atoms with Crippen LogP contribution in [-0.2, 0) is 7.05 Å². The zero-order chi connectivity index (χ0) is 20.8. The molecule has 28 heavy (non-hydrogen) atoms. The van der Waals surface area contributed by atoms with E-state index in [2.05, 4.69) is 15.4 Å². The van der Waals surface area contributed by atoms with E-state index in [4.69, 9.17) is 0 Å². The van der Waals surface area contributed by atoms with Crippen LogP contribution in [0, 0.1) is 24.0 Å². The summed E-state index contributed by atoms with van der Waals surface area (Å²) in [6, 6.07) is 8.95. The smallest absolute Gasteiger partial charge is 0.350 e. The molecule has 0 aliphatic heterocycles. The predicted octanol–water partition coefficient (Wildman–Crippen LogP) is 2.03. The number of nitro groups is 1. The topological polar surface area (TPSA) is 125 Å².